The van der Waals surface area contributed by atoms with Gasteiger partial charge in [-0.25, -0.2) is 0 Å². The molecule has 0 saturated carbocycles. The van der Waals surface area contributed by atoms with Crippen LogP contribution >= 0.6 is 0 Å². The van der Waals surface area contributed by atoms with Gasteiger partial charge >= 0.3 is 0 Å². The second-order valence-corrected chi connectivity index (χ2v) is 5.80. The topological polar surface area (TPSA) is 84.5 Å². The molecule has 1 aliphatic rings. The molecule has 0 atom stereocenters. The highest BCUT2D eigenvalue weighted by Gasteiger charge is 2.19. The lowest BCUT2D eigenvalue weighted by Crippen LogP contribution is -2.13. The number of ketones is 1. The maximum atomic E-state index is 12.3. The van der Waals surface area contributed by atoms with Gasteiger partial charge in [0.25, 0.3) is 0 Å². The average Bonchev–Trinajstić information content (AvgIpc) is 2.99. The van der Waals surface area contributed by atoms with Crippen LogP contribution in [0.15, 0.2) is 42.5 Å². The van der Waals surface area contributed by atoms with Crippen LogP contribution in [-0.2, 0) is 16.0 Å². The molecule has 0 bridgehead atoms. The van der Waals surface area contributed by atoms with E-state index in [9.17, 15) is 14.4 Å². The number of amides is 2. The fourth-order valence-corrected chi connectivity index (χ4v) is 2.67. The number of hydrogen-bond donors (Lipinski definition) is 2. The predicted octanol–water partition coefficient (Wildman–Crippen LogP) is 2.79. The van der Waals surface area contributed by atoms with Crippen molar-refractivity contribution in [1.29, 1.82) is 0 Å². The molecule has 1 aliphatic heterocycles. The Labute approximate surface area is 145 Å². The van der Waals surface area contributed by atoms with Crippen molar-refractivity contribution in [2.45, 2.75) is 19.3 Å². The standard InChI is InChI=1S/C19H18N2O4/c1-25-15-5-3-14(4-6-15)20-18(23)9-8-17(22)12-2-7-16-13(10-12)11-19(24)21-16/h2-7,10H,8-9,11H2,1H3,(H,20,23)(H,21,24). The van der Waals surface area contributed by atoms with Gasteiger partial charge in [0.2, 0.25) is 11.8 Å². The second-order valence-electron chi connectivity index (χ2n) is 5.80. The lowest BCUT2D eigenvalue weighted by Gasteiger charge is -2.07. The Morgan fingerprint density at radius 2 is 1.88 bits per heavy atom. The third kappa shape index (κ3) is 4.03. The van der Waals surface area contributed by atoms with E-state index < -0.39 is 0 Å². The molecule has 0 unspecified atom stereocenters. The van der Waals surface area contributed by atoms with E-state index in [2.05, 4.69) is 10.6 Å². The molecule has 6 heteroatoms. The van der Waals surface area contributed by atoms with E-state index in [0.717, 1.165) is 11.3 Å². The summed E-state index contributed by atoms with van der Waals surface area (Å²) in [4.78, 5) is 35.6. The lowest BCUT2D eigenvalue weighted by atomic mass is 10.0. The summed E-state index contributed by atoms with van der Waals surface area (Å²) in [5.74, 6) is 0.291. The van der Waals surface area contributed by atoms with Crippen molar-refractivity contribution in [3.8, 4) is 5.75 Å². The van der Waals surface area contributed by atoms with Crippen LogP contribution in [0.25, 0.3) is 0 Å². The van der Waals surface area contributed by atoms with Crippen molar-refractivity contribution < 1.29 is 19.1 Å². The van der Waals surface area contributed by atoms with Crippen LogP contribution in [0.2, 0.25) is 0 Å². The van der Waals surface area contributed by atoms with Crippen LogP contribution in [0.5, 0.6) is 5.75 Å². The quantitative estimate of drug-likeness (QED) is 0.793. The zero-order valence-corrected chi connectivity index (χ0v) is 13.8. The van der Waals surface area contributed by atoms with Crippen molar-refractivity contribution >= 4 is 29.0 Å². The summed E-state index contributed by atoms with van der Waals surface area (Å²) in [5, 5.41) is 5.47. The molecule has 1 heterocycles. The Morgan fingerprint density at radius 1 is 1.12 bits per heavy atom. The molecular formula is C19H18N2O4. The summed E-state index contributed by atoms with van der Waals surface area (Å²) in [5.41, 5.74) is 2.74. The van der Waals surface area contributed by atoms with Crippen LogP contribution in [0.3, 0.4) is 0 Å². The molecule has 0 spiro atoms. The smallest absolute Gasteiger partial charge is 0.228 e. The number of hydrogen-bond acceptors (Lipinski definition) is 4. The van der Waals surface area contributed by atoms with Gasteiger partial charge in [0, 0.05) is 29.8 Å². The van der Waals surface area contributed by atoms with Gasteiger partial charge in [-0.15, -0.1) is 0 Å². The van der Waals surface area contributed by atoms with E-state index in [0.29, 0.717) is 17.0 Å². The fraction of sp³-hybridized carbons (Fsp3) is 0.211. The molecule has 0 saturated heterocycles. The third-order valence-electron chi connectivity index (χ3n) is 4.01. The number of carbonyl (C=O) groups is 3. The Morgan fingerprint density at radius 3 is 2.60 bits per heavy atom. The minimum absolute atomic E-state index is 0.0709. The summed E-state index contributed by atoms with van der Waals surface area (Å²) < 4.78 is 5.06. The number of rotatable bonds is 6. The third-order valence-corrected chi connectivity index (χ3v) is 4.01. The van der Waals surface area contributed by atoms with E-state index in [1.807, 2.05) is 0 Å². The summed E-state index contributed by atoms with van der Waals surface area (Å²) in [7, 11) is 1.57. The summed E-state index contributed by atoms with van der Waals surface area (Å²) in [6.45, 7) is 0. The molecule has 2 amide bonds. The van der Waals surface area contributed by atoms with E-state index >= 15 is 0 Å². The van der Waals surface area contributed by atoms with E-state index in [1.165, 1.54) is 0 Å². The SMILES string of the molecule is COc1ccc(NC(=O)CCC(=O)c2ccc3c(c2)CC(=O)N3)cc1. The van der Waals surface area contributed by atoms with Crippen LogP contribution < -0.4 is 15.4 Å². The molecule has 25 heavy (non-hydrogen) atoms. The first-order valence-corrected chi connectivity index (χ1v) is 7.95. The number of Topliss-reactive ketones (excluding diaryl/α,β-unsaturated/α-hetero) is 1. The first-order chi connectivity index (χ1) is 12.0. The fourth-order valence-electron chi connectivity index (χ4n) is 2.67. The molecule has 128 valence electrons. The van der Waals surface area contributed by atoms with E-state index in [4.69, 9.17) is 4.74 Å². The molecule has 0 aromatic heterocycles. The van der Waals surface area contributed by atoms with Gasteiger partial charge in [0.15, 0.2) is 5.78 Å². The zero-order chi connectivity index (χ0) is 17.8. The Balaban J connectivity index is 1.54. The molecule has 6 nitrogen and oxygen atoms in total. The van der Waals surface area contributed by atoms with Crippen LogP contribution in [0, 0.1) is 0 Å². The first kappa shape index (κ1) is 16.7. The normalized spacial score (nSPS) is 12.3. The van der Waals surface area contributed by atoms with Gasteiger partial charge in [-0.1, -0.05) is 0 Å². The minimum Gasteiger partial charge on any atom is -0.497 e. The maximum absolute atomic E-state index is 12.3. The monoisotopic (exact) mass is 338 g/mol. The Bertz CT molecular complexity index is 828. The second kappa shape index (κ2) is 7.17. The van der Waals surface area contributed by atoms with Gasteiger partial charge in [0.1, 0.15) is 5.75 Å². The summed E-state index contributed by atoms with van der Waals surface area (Å²) in [6.07, 6.45) is 0.496. The molecule has 3 rings (SSSR count). The number of ether oxygens (including phenoxy) is 1. The number of benzene rings is 2. The van der Waals surface area contributed by atoms with E-state index in [1.54, 1.807) is 49.6 Å². The van der Waals surface area contributed by atoms with Gasteiger partial charge in [-0.2, -0.15) is 0 Å². The van der Waals surface area contributed by atoms with Gasteiger partial charge < -0.3 is 15.4 Å². The first-order valence-electron chi connectivity index (χ1n) is 7.95. The molecule has 2 N–H and O–H groups in total. The Kier molecular flexibility index (Phi) is 4.79. The number of fused-ring (bicyclic) bond motifs is 1. The van der Waals surface area contributed by atoms with Gasteiger partial charge in [-0.05, 0) is 48.0 Å². The molecule has 0 aliphatic carbocycles. The van der Waals surface area contributed by atoms with Gasteiger partial charge in [0.05, 0.1) is 13.5 Å². The molecule has 0 fully saturated rings. The maximum Gasteiger partial charge on any atom is 0.228 e. The number of anilines is 2. The van der Waals surface area contributed by atoms with Crippen molar-refractivity contribution in [3.05, 3.63) is 53.6 Å². The number of methoxy groups -OCH3 is 1. The summed E-state index contributed by atoms with van der Waals surface area (Å²) >= 11 is 0. The summed E-state index contributed by atoms with van der Waals surface area (Å²) in [6, 6.07) is 12.1. The van der Waals surface area contributed by atoms with Crippen molar-refractivity contribution in [3.63, 3.8) is 0 Å². The molecular weight excluding hydrogens is 320 g/mol. The number of nitrogens with one attached hydrogen (secondary N) is 2. The lowest BCUT2D eigenvalue weighted by molar-refractivity contribution is -0.116. The van der Waals surface area contributed by atoms with Crippen molar-refractivity contribution in [2.24, 2.45) is 0 Å². The Hall–Kier alpha value is -3.15. The molecule has 0 radical (unpaired) electrons. The van der Waals surface area contributed by atoms with Crippen molar-refractivity contribution in [1.82, 2.24) is 0 Å². The number of carbonyl (C=O) groups excluding carboxylic acids is 3. The van der Waals surface area contributed by atoms with Crippen molar-refractivity contribution in [2.75, 3.05) is 17.7 Å². The van der Waals surface area contributed by atoms with Crippen LogP contribution in [0.1, 0.15) is 28.8 Å². The largest absolute Gasteiger partial charge is 0.497 e. The molecule has 2 aromatic carbocycles. The van der Waals surface area contributed by atoms with Crippen LogP contribution in [0.4, 0.5) is 11.4 Å². The van der Waals surface area contributed by atoms with Crippen LogP contribution in [-0.4, -0.2) is 24.7 Å². The average molecular weight is 338 g/mol. The van der Waals surface area contributed by atoms with Gasteiger partial charge in [-0.3, -0.25) is 14.4 Å². The highest BCUT2D eigenvalue weighted by molar-refractivity contribution is 6.03. The predicted molar refractivity (Wildman–Crippen MR) is 94.0 cm³/mol. The zero-order valence-electron chi connectivity index (χ0n) is 13.8. The highest BCUT2D eigenvalue weighted by Crippen LogP contribution is 2.24. The van der Waals surface area contributed by atoms with E-state index in [-0.39, 0.29) is 36.9 Å². The highest BCUT2D eigenvalue weighted by atomic mass is 16.5. The molecule has 2 aromatic rings. The minimum atomic E-state index is -0.225.